The second-order valence-corrected chi connectivity index (χ2v) is 3.89. The Kier molecular flexibility index (Phi) is 2.38. The van der Waals surface area contributed by atoms with Crippen LogP contribution >= 0.6 is 0 Å². The summed E-state index contributed by atoms with van der Waals surface area (Å²) in [6.07, 6.45) is -0.777. The zero-order valence-electron chi connectivity index (χ0n) is 9.14. The molecule has 0 radical (unpaired) electrons. The van der Waals surface area contributed by atoms with Crippen LogP contribution in [0.1, 0.15) is 11.9 Å². The molecule has 0 spiro atoms. The summed E-state index contributed by atoms with van der Waals surface area (Å²) in [5.74, 6) is 1.84. The maximum absolute atomic E-state index is 9.61. The number of aromatic nitrogens is 2. The molecule has 1 aromatic carbocycles. The Balaban J connectivity index is 2.09. The third kappa shape index (κ3) is 1.71. The first-order chi connectivity index (χ1) is 8.28. The van der Waals surface area contributed by atoms with E-state index in [1.54, 1.807) is 6.07 Å². The highest BCUT2D eigenvalue weighted by atomic mass is 16.6. The van der Waals surface area contributed by atoms with E-state index in [4.69, 9.17) is 15.2 Å². The van der Waals surface area contributed by atoms with E-state index in [0.717, 1.165) is 11.0 Å². The number of hydrogen-bond donors (Lipinski definition) is 3. The third-order valence-corrected chi connectivity index (χ3v) is 2.70. The first-order valence-electron chi connectivity index (χ1n) is 5.45. The summed E-state index contributed by atoms with van der Waals surface area (Å²) in [6, 6.07) is 3.62. The number of nitrogens with one attached hydrogen (secondary N) is 1. The molecule has 1 aromatic heterocycles. The molecule has 1 aliphatic rings. The summed E-state index contributed by atoms with van der Waals surface area (Å²) in [7, 11) is 0. The van der Waals surface area contributed by atoms with Crippen LogP contribution in [0, 0.1) is 0 Å². The fourth-order valence-electron chi connectivity index (χ4n) is 1.84. The number of fused-ring (bicyclic) bond motifs is 2. The van der Waals surface area contributed by atoms with E-state index in [-0.39, 0.29) is 6.54 Å². The number of aliphatic hydroxyl groups is 1. The average Bonchev–Trinajstić information content (AvgIpc) is 2.77. The molecule has 0 bridgehead atoms. The first-order valence-corrected chi connectivity index (χ1v) is 5.45. The van der Waals surface area contributed by atoms with Gasteiger partial charge in [-0.3, -0.25) is 0 Å². The van der Waals surface area contributed by atoms with Crippen LogP contribution in [-0.4, -0.2) is 34.8 Å². The summed E-state index contributed by atoms with van der Waals surface area (Å²) in [4.78, 5) is 7.29. The maximum atomic E-state index is 9.61. The number of benzene rings is 1. The van der Waals surface area contributed by atoms with Crippen LogP contribution in [0.25, 0.3) is 11.0 Å². The molecule has 3 rings (SSSR count). The molecule has 4 N–H and O–H groups in total. The lowest BCUT2D eigenvalue weighted by molar-refractivity contribution is 0.172. The molecule has 0 saturated carbocycles. The van der Waals surface area contributed by atoms with Crippen LogP contribution in [0.15, 0.2) is 12.1 Å². The third-order valence-electron chi connectivity index (χ3n) is 2.70. The van der Waals surface area contributed by atoms with Crippen molar-refractivity contribution in [2.45, 2.75) is 6.10 Å². The van der Waals surface area contributed by atoms with E-state index >= 15 is 0 Å². The van der Waals surface area contributed by atoms with Gasteiger partial charge in [0.15, 0.2) is 11.5 Å². The minimum Gasteiger partial charge on any atom is -0.486 e. The normalized spacial score (nSPS) is 16.1. The lowest BCUT2D eigenvalue weighted by Crippen LogP contribution is -2.15. The molecule has 0 aliphatic carbocycles. The fraction of sp³-hybridized carbons (Fsp3) is 0.364. The summed E-state index contributed by atoms with van der Waals surface area (Å²) in [5, 5.41) is 9.61. The van der Waals surface area contributed by atoms with E-state index in [0.29, 0.717) is 30.5 Å². The number of ether oxygens (including phenoxy) is 2. The SMILES string of the molecule is NCC(O)c1nc2cc3c(cc2[nH]1)OCCO3. The van der Waals surface area contributed by atoms with Crippen molar-refractivity contribution in [2.24, 2.45) is 5.73 Å². The largest absolute Gasteiger partial charge is 0.486 e. The second kappa shape index (κ2) is 3.90. The minimum atomic E-state index is -0.777. The minimum absolute atomic E-state index is 0.131. The number of H-pyrrole nitrogens is 1. The highest BCUT2D eigenvalue weighted by Crippen LogP contribution is 2.34. The van der Waals surface area contributed by atoms with Gasteiger partial charge >= 0.3 is 0 Å². The van der Waals surface area contributed by atoms with E-state index in [1.807, 2.05) is 6.07 Å². The van der Waals surface area contributed by atoms with Crippen molar-refractivity contribution in [3.63, 3.8) is 0 Å². The molecule has 2 aromatic rings. The molecule has 0 saturated heterocycles. The van der Waals surface area contributed by atoms with Crippen LogP contribution in [0.5, 0.6) is 11.5 Å². The molecule has 17 heavy (non-hydrogen) atoms. The number of hydrogen-bond acceptors (Lipinski definition) is 5. The Labute approximate surface area is 97.4 Å². The molecule has 2 heterocycles. The predicted octanol–water partition coefficient (Wildman–Crippen LogP) is 0.326. The zero-order chi connectivity index (χ0) is 11.8. The zero-order valence-corrected chi connectivity index (χ0v) is 9.14. The van der Waals surface area contributed by atoms with Gasteiger partial charge in [0.25, 0.3) is 0 Å². The lowest BCUT2D eigenvalue weighted by atomic mass is 10.2. The van der Waals surface area contributed by atoms with E-state index in [9.17, 15) is 5.11 Å². The molecule has 6 heteroatoms. The maximum Gasteiger partial charge on any atom is 0.163 e. The van der Waals surface area contributed by atoms with Crippen LogP contribution < -0.4 is 15.2 Å². The van der Waals surface area contributed by atoms with Gasteiger partial charge in [0.05, 0.1) is 11.0 Å². The monoisotopic (exact) mass is 235 g/mol. The Morgan fingerprint density at radius 3 is 2.76 bits per heavy atom. The van der Waals surface area contributed by atoms with Crippen LogP contribution in [0.3, 0.4) is 0 Å². The molecule has 0 fully saturated rings. The Hall–Kier alpha value is -1.79. The number of imidazole rings is 1. The second-order valence-electron chi connectivity index (χ2n) is 3.89. The number of nitrogens with two attached hydrogens (primary N) is 1. The number of aliphatic hydroxyl groups excluding tert-OH is 1. The summed E-state index contributed by atoms with van der Waals surface area (Å²) in [5.41, 5.74) is 6.92. The van der Waals surface area contributed by atoms with Gasteiger partial charge in [0.2, 0.25) is 0 Å². The molecular weight excluding hydrogens is 222 g/mol. The standard InChI is InChI=1S/C11H13N3O3/c12-5-8(15)11-13-6-3-9-10(4-7(6)14-11)17-2-1-16-9/h3-4,8,15H,1-2,5,12H2,(H,13,14). The highest BCUT2D eigenvalue weighted by Gasteiger charge is 2.16. The van der Waals surface area contributed by atoms with Gasteiger partial charge in [0.1, 0.15) is 25.1 Å². The van der Waals surface area contributed by atoms with Gasteiger partial charge in [-0.25, -0.2) is 4.98 Å². The first kappa shape index (κ1) is 10.4. The number of aromatic amines is 1. The van der Waals surface area contributed by atoms with E-state index in [1.165, 1.54) is 0 Å². The Bertz CT molecular complexity index is 509. The van der Waals surface area contributed by atoms with Crippen molar-refractivity contribution >= 4 is 11.0 Å². The smallest absolute Gasteiger partial charge is 0.163 e. The molecule has 1 atom stereocenters. The van der Waals surface area contributed by atoms with Gasteiger partial charge < -0.3 is 25.3 Å². The molecule has 6 nitrogen and oxygen atoms in total. The van der Waals surface area contributed by atoms with Crippen molar-refractivity contribution in [3.8, 4) is 11.5 Å². The van der Waals surface area contributed by atoms with E-state index in [2.05, 4.69) is 9.97 Å². The number of rotatable bonds is 2. The molecule has 90 valence electrons. The van der Waals surface area contributed by atoms with Gasteiger partial charge in [-0.1, -0.05) is 0 Å². The molecule has 1 aliphatic heterocycles. The van der Waals surface area contributed by atoms with Crippen LogP contribution in [0.2, 0.25) is 0 Å². The Morgan fingerprint density at radius 2 is 2.06 bits per heavy atom. The molecule has 0 amide bonds. The quantitative estimate of drug-likeness (QED) is 0.697. The topological polar surface area (TPSA) is 93.4 Å². The van der Waals surface area contributed by atoms with Crippen molar-refractivity contribution in [1.29, 1.82) is 0 Å². The highest BCUT2D eigenvalue weighted by molar-refractivity contribution is 5.80. The van der Waals surface area contributed by atoms with Gasteiger partial charge in [0, 0.05) is 18.7 Å². The summed E-state index contributed by atoms with van der Waals surface area (Å²) >= 11 is 0. The number of nitrogens with zero attached hydrogens (tertiary/aromatic N) is 1. The van der Waals surface area contributed by atoms with Crippen molar-refractivity contribution in [2.75, 3.05) is 19.8 Å². The van der Waals surface area contributed by atoms with Crippen molar-refractivity contribution < 1.29 is 14.6 Å². The molecular formula is C11H13N3O3. The van der Waals surface area contributed by atoms with Crippen LogP contribution in [0.4, 0.5) is 0 Å². The van der Waals surface area contributed by atoms with Gasteiger partial charge in [-0.15, -0.1) is 0 Å². The van der Waals surface area contributed by atoms with Crippen molar-refractivity contribution in [3.05, 3.63) is 18.0 Å². The molecule has 1 unspecified atom stereocenters. The average molecular weight is 235 g/mol. The summed E-state index contributed by atoms with van der Waals surface area (Å²) in [6.45, 7) is 1.22. The van der Waals surface area contributed by atoms with E-state index < -0.39 is 6.10 Å². The summed E-state index contributed by atoms with van der Waals surface area (Å²) < 4.78 is 10.9. The van der Waals surface area contributed by atoms with Gasteiger partial charge in [-0.2, -0.15) is 0 Å². The van der Waals surface area contributed by atoms with Crippen LogP contribution in [-0.2, 0) is 0 Å². The van der Waals surface area contributed by atoms with Gasteiger partial charge in [-0.05, 0) is 0 Å². The lowest BCUT2D eigenvalue weighted by Gasteiger charge is -2.17. The Morgan fingerprint density at radius 1 is 1.35 bits per heavy atom. The predicted molar refractivity (Wildman–Crippen MR) is 61.1 cm³/mol. The van der Waals surface area contributed by atoms with Crippen molar-refractivity contribution in [1.82, 2.24) is 9.97 Å². The fourth-order valence-corrected chi connectivity index (χ4v) is 1.84.